The van der Waals surface area contributed by atoms with E-state index in [0.717, 1.165) is 11.3 Å². The molecule has 0 N–H and O–H groups in total. The molecule has 0 saturated heterocycles. The fraction of sp³-hybridized carbons (Fsp3) is 0.400. The third kappa shape index (κ3) is 3.91. The lowest BCUT2D eigenvalue weighted by atomic mass is 10.1. The number of carbonyl (C=O) groups excluding carboxylic acids is 1. The predicted molar refractivity (Wildman–Crippen MR) is 72.3 cm³/mol. The average Bonchev–Trinajstić information content (AvgIpc) is 2.33. The Kier molecular flexibility index (Phi) is 5.43. The normalized spacial score (nSPS) is 11.7. The predicted octanol–water partition coefficient (Wildman–Crippen LogP) is 3.17. The maximum Gasteiger partial charge on any atom is 0.169 e. The van der Waals surface area contributed by atoms with E-state index in [9.17, 15) is 4.79 Å². The Labute approximate surface area is 108 Å². The van der Waals surface area contributed by atoms with Crippen LogP contribution in [0.5, 0.6) is 11.5 Å². The molecule has 0 bridgehead atoms. The maximum absolute atomic E-state index is 11.2. The number of Topliss-reactive ketones (excluding diaryl/α,β-unsaturated/α-hetero) is 1. The summed E-state index contributed by atoms with van der Waals surface area (Å²) in [6, 6.07) is 5.61. The molecule has 1 aromatic carbocycles. The Morgan fingerprint density at radius 2 is 2.22 bits per heavy atom. The van der Waals surface area contributed by atoms with E-state index in [1.165, 1.54) is 6.92 Å². The van der Waals surface area contributed by atoms with Gasteiger partial charge in [0.25, 0.3) is 0 Å². The summed E-state index contributed by atoms with van der Waals surface area (Å²) in [5, 5.41) is 0. The van der Waals surface area contributed by atoms with E-state index in [0.29, 0.717) is 18.8 Å². The Bertz CT molecular complexity index is 424. The first-order chi connectivity index (χ1) is 8.58. The molecular weight excluding hydrogens is 228 g/mol. The van der Waals surface area contributed by atoms with Crippen molar-refractivity contribution in [1.29, 1.82) is 0 Å². The molecule has 0 amide bonds. The third-order valence-electron chi connectivity index (χ3n) is 2.58. The molecular formula is C15H20O3. The van der Waals surface area contributed by atoms with Crippen LogP contribution in [-0.4, -0.2) is 18.5 Å². The highest BCUT2D eigenvalue weighted by Gasteiger charge is 2.12. The van der Waals surface area contributed by atoms with E-state index in [-0.39, 0.29) is 5.78 Å². The SMILES string of the molecule is C=CCc1cc(OCC)ccc1O[C@@H](C)C(C)=O. The minimum atomic E-state index is -0.438. The van der Waals surface area contributed by atoms with Crippen LogP contribution in [-0.2, 0) is 11.2 Å². The lowest BCUT2D eigenvalue weighted by molar-refractivity contribution is -0.122. The summed E-state index contributed by atoms with van der Waals surface area (Å²) in [7, 11) is 0. The first kappa shape index (κ1) is 14.3. The summed E-state index contributed by atoms with van der Waals surface area (Å²) < 4.78 is 11.1. The third-order valence-corrected chi connectivity index (χ3v) is 2.58. The van der Waals surface area contributed by atoms with Gasteiger partial charge in [0.15, 0.2) is 11.9 Å². The maximum atomic E-state index is 11.2. The zero-order valence-corrected chi connectivity index (χ0v) is 11.2. The fourth-order valence-electron chi connectivity index (χ4n) is 1.52. The minimum Gasteiger partial charge on any atom is -0.494 e. The van der Waals surface area contributed by atoms with Gasteiger partial charge in [0.05, 0.1) is 6.61 Å². The number of ether oxygens (including phenoxy) is 2. The van der Waals surface area contributed by atoms with Crippen molar-refractivity contribution in [1.82, 2.24) is 0 Å². The number of ketones is 1. The van der Waals surface area contributed by atoms with E-state index in [4.69, 9.17) is 9.47 Å². The van der Waals surface area contributed by atoms with Gasteiger partial charge in [-0.1, -0.05) is 6.08 Å². The number of carbonyl (C=O) groups is 1. The quantitative estimate of drug-likeness (QED) is 0.695. The van der Waals surface area contributed by atoms with Crippen molar-refractivity contribution < 1.29 is 14.3 Å². The zero-order chi connectivity index (χ0) is 13.5. The fourth-order valence-corrected chi connectivity index (χ4v) is 1.52. The standard InChI is InChI=1S/C15H20O3/c1-5-7-13-10-14(17-6-2)8-9-15(13)18-12(4)11(3)16/h5,8-10,12H,1,6-7H2,2-4H3/t12-/m0/s1. The molecule has 0 aliphatic heterocycles. The molecule has 98 valence electrons. The highest BCUT2D eigenvalue weighted by Crippen LogP contribution is 2.26. The van der Waals surface area contributed by atoms with E-state index < -0.39 is 6.10 Å². The molecule has 0 aromatic heterocycles. The monoisotopic (exact) mass is 248 g/mol. The molecule has 1 atom stereocenters. The van der Waals surface area contributed by atoms with Gasteiger partial charge < -0.3 is 9.47 Å². The van der Waals surface area contributed by atoms with Crippen LogP contribution in [0.25, 0.3) is 0 Å². The van der Waals surface area contributed by atoms with Crippen molar-refractivity contribution in [3.05, 3.63) is 36.4 Å². The second-order valence-electron chi connectivity index (χ2n) is 4.07. The van der Waals surface area contributed by atoms with E-state index in [1.807, 2.05) is 25.1 Å². The number of hydrogen-bond donors (Lipinski definition) is 0. The topological polar surface area (TPSA) is 35.5 Å². The molecule has 3 heteroatoms. The van der Waals surface area contributed by atoms with Gasteiger partial charge >= 0.3 is 0 Å². The van der Waals surface area contributed by atoms with Crippen LogP contribution in [0.3, 0.4) is 0 Å². The summed E-state index contributed by atoms with van der Waals surface area (Å²) in [6.45, 7) is 9.55. The van der Waals surface area contributed by atoms with Gasteiger partial charge in [-0.25, -0.2) is 0 Å². The largest absolute Gasteiger partial charge is 0.494 e. The molecule has 0 radical (unpaired) electrons. The van der Waals surface area contributed by atoms with Crippen LogP contribution >= 0.6 is 0 Å². The minimum absolute atomic E-state index is 0.00781. The molecule has 0 aliphatic carbocycles. The molecule has 1 aromatic rings. The molecule has 0 spiro atoms. The summed E-state index contributed by atoms with van der Waals surface area (Å²) >= 11 is 0. The van der Waals surface area contributed by atoms with Gasteiger partial charge in [-0.05, 0) is 45.4 Å². The second-order valence-corrected chi connectivity index (χ2v) is 4.07. The lowest BCUT2D eigenvalue weighted by Crippen LogP contribution is -2.21. The van der Waals surface area contributed by atoms with Crippen molar-refractivity contribution in [2.24, 2.45) is 0 Å². The molecule has 0 heterocycles. The molecule has 3 nitrogen and oxygen atoms in total. The number of rotatable bonds is 7. The first-order valence-electron chi connectivity index (χ1n) is 6.12. The van der Waals surface area contributed by atoms with E-state index in [1.54, 1.807) is 13.0 Å². The summed E-state index contributed by atoms with van der Waals surface area (Å²) in [5.41, 5.74) is 0.976. The summed E-state index contributed by atoms with van der Waals surface area (Å²) in [6.07, 6.45) is 2.04. The molecule has 0 aliphatic rings. The number of benzene rings is 1. The van der Waals surface area contributed by atoms with Gasteiger partial charge in [0.2, 0.25) is 0 Å². The van der Waals surface area contributed by atoms with Crippen molar-refractivity contribution in [2.75, 3.05) is 6.61 Å². The van der Waals surface area contributed by atoms with E-state index in [2.05, 4.69) is 6.58 Å². The number of allylic oxidation sites excluding steroid dienone is 1. The lowest BCUT2D eigenvalue weighted by Gasteiger charge is -2.16. The highest BCUT2D eigenvalue weighted by molar-refractivity contribution is 5.80. The van der Waals surface area contributed by atoms with Gasteiger partial charge in [0.1, 0.15) is 11.5 Å². The Morgan fingerprint density at radius 1 is 1.50 bits per heavy atom. The van der Waals surface area contributed by atoms with E-state index >= 15 is 0 Å². The molecule has 0 unspecified atom stereocenters. The van der Waals surface area contributed by atoms with Gasteiger partial charge in [-0.15, -0.1) is 6.58 Å². The average molecular weight is 248 g/mol. The van der Waals surface area contributed by atoms with Crippen LogP contribution in [0.4, 0.5) is 0 Å². The zero-order valence-electron chi connectivity index (χ0n) is 11.2. The smallest absolute Gasteiger partial charge is 0.169 e. The van der Waals surface area contributed by atoms with Crippen molar-refractivity contribution in [2.45, 2.75) is 33.3 Å². The second kappa shape index (κ2) is 6.84. The Morgan fingerprint density at radius 3 is 2.78 bits per heavy atom. The summed E-state index contributed by atoms with van der Waals surface area (Å²) in [4.78, 5) is 11.2. The highest BCUT2D eigenvalue weighted by atomic mass is 16.5. The molecule has 18 heavy (non-hydrogen) atoms. The van der Waals surface area contributed by atoms with Crippen molar-refractivity contribution >= 4 is 5.78 Å². The first-order valence-corrected chi connectivity index (χ1v) is 6.12. The van der Waals surface area contributed by atoms with Crippen LogP contribution in [0.2, 0.25) is 0 Å². The Balaban J connectivity index is 2.95. The van der Waals surface area contributed by atoms with Crippen LogP contribution in [0.15, 0.2) is 30.9 Å². The summed E-state index contributed by atoms with van der Waals surface area (Å²) in [5.74, 6) is 1.52. The van der Waals surface area contributed by atoms with Crippen LogP contribution in [0, 0.1) is 0 Å². The van der Waals surface area contributed by atoms with Gasteiger partial charge in [-0.2, -0.15) is 0 Å². The van der Waals surface area contributed by atoms with Crippen LogP contribution in [0.1, 0.15) is 26.3 Å². The molecule has 1 rings (SSSR count). The van der Waals surface area contributed by atoms with Gasteiger partial charge in [-0.3, -0.25) is 4.79 Å². The van der Waals surface area contributed by atoms with Crippen molar-refractivity contribution in [3.63, 3.8) is 0 Å². The number of hydrogen-bond acceptors (Lipinski definition) is 3. The van der Waals surface area contributed by atoms with Crippen LogP contribution < -0.4 is 9.47 Å². The molecule has 0 saturated carbocycles. The van der Waals surface area contributed by atoms with Crippen molar-refractivity contribution in [3.8, 4) is 11.5 Å². The molecule has 0 fully saturated rings. The Hall–Kier alpha value is -1.77. The van der Waals surface area contributed by atoms with Gasteiger partial charge in [0, 0.05) is 5.56 Å².